The summed E-state index contributed by atoms with van der Waals surface area (Å²) < 4.78 is 2.12. The molecule has 3 aromatic rings. The van der Waals surface area contributed by atoms with E-state index in [1.165, 1.54) is 0 Å². The normalized spacial score (nSPS) is 11.0. The summed E-state index contributed by atoms with van der Waals surface area (Å²) in [7, 11) is 4.04. The Bertz CT molecular complexity index is 770. The number of aryl methyl sites for hydroxylation is 3. The van der Waals surface area contributed by atoms with Crippen LogP contribution < -0.4 is 4.90 Å². The molecule has 108 valence electrons. The Balaban J connectivity index is 1.92. The van der Waals surface area contributed by atoms with Gasteiger partial charge in [-0.3, -0.25) is 0 Å². The minimum absolute atomic E-state index is 0.675. The molecule has 0 aliphatic rings. The molecule has 0 saturated carbocycles. The predicted octanol–water partition coefficient (Wildman–Crippen LogP) is 2.62. The van der Waals surface area contributed by atoms with Crippen molar-refractivity contribution in [1.82, 2.24) is 19.5 Å². The Hall–Kier alpha value is -2.43. The monoisotopic (exact) mass is 281 g/mol. The lowest BCUT2D eigenvalue weighted by Crippen LogP contribution is -2.21. The van der Waals surface area contributed by atoms with Gasteiger partial charge in [0.15, 0.2) is 0 Å². The first-order chi connectivity index (χ1) is 10.0. The highest BCUT2D eigenvalue weighted by Crippen LogP contribution is 2.17. The van der Waals surface area contributed by atoms with E-state index in [0.717, 1.165) is 34.2 Å². The molecule has 5 nitrogen and oxygen atoms in total. The third-order valence-electron chi connectivity index (χ3n) is 3.57. The molecule has 1 aromatic carbocycles. The Morgan fingerprint density at radius 3 is 2.38 bits per heavy atom. The van der Waals surface area contributed by atoms with Crippen molar-refractivity contribution in [1.29, 1.82) is 0 Å². The van der Waals surface area contributed by atoms with Crippen LogP contribution >= 0.6 is 0 Å². The first-order valence-corrected chi connectivity index (χ1v) is 6.98. The smallest absolute Gasteiger partial charge is 0.225 e. The zero-order valence-corrected chi connectivity index (χ0v) is 12.8. The van der Waals surface area contributed by atoms with E-state index in [2.05, 4.69) is 25.6 Å². The number of hydrogen-bond acceptors (Lipinski definition) is 4. The molecule has 21 heavy (non-hydrogen) atoms. The number of aromatic nitrogens is 4. The van der Waals surface area contributed by atoms with Gasteiger partial charge in [-0.1, -0.05) is 12.1 Å². The highest BCUT2D eigenvalue weighted by atomic mass is 15.3. The molecule has 0 saturated heterocycles. The lowest BCUT2D eigenvalue weighted by Gasteiger charge is -2.17. The summed E-state index contributed by atoms with van der Waals surface area (Å²) in [5.41, 5.74) is 4.12. The molecule has 0 amide bonds. The van der Waals surface area contributed by atoms with E-state index in [0.29, 0.717) is 6.54 Å². The lowest BCUT2D eigenvalue weighted by atomic mass is 10.3. The van der Waals surface area contributed by atoms with E-state index in [4.69, 9.17) is 0 Å². The Labute approximate surface area is 124 Å². The van der Waals surface area contributed by atoms with Crippen LogP contribution in [0.1, 0.15) is 17.2 Å². The van der Waals surface area contributed by atoms with Gasteiger partial charge in [0, 0.05) is 25.5 Å². The maximum atomic E-state index is 4.69. The zero-order valence-electron chi connectivity index (χ0n) is 12.8. The molecular weight excluding hydrogens is 262 g/mol. The largest absolute Gasteiger partial charge is 0.336 e. The molecule has 0 aliphatic heterocycles. The molecule has 0 atom stereocenters. The van der Waals surface area contributed by atoms with Gasteiger partial charge in [-0.2, -0.15) is 0 Å². The lowest BCUT2D eigenvalue weighted by molar-refractivity contribution is 0.755. The fourth-order valence-electron chi connectivity index (χ4n) is 2.50. The van der Waals surface area contributed by atoms with Gasteiger partial charge in [-0.25, -0.2) is 15.0 Å². The minimum Gasteiger partial charge on any atom is -0.336 e. The molecule has 0 radical (unpaired) electrons. The summed E-state index contributed by atoms with van der Waals surface area (Å²) in [6.07, 6.45) is 0. The third-order valence-corrected chi connectivity index (χ3v) is 3.57. The maximum Gasteiger partial charge on any atom is 0.225 e. The van der Waals surface area contributed by atoms with Crippen LogP contribution in [0.3, 0.4) is 0 Å². The van der Waals surface area contributed by atoms with E-state index in [9.17, 15) is 0 Å². The first kappa shape index (κ1) is 13.5. The number of hydrogen-bond donors (Lipinski definition) is 0. The molecule has 2 aromatic heterocycles. The van der Waals surface area contributed by atoms with Crippen LogP contribution in [-0.4, -0.2) is 26.6 Å². The van der Waals surface area contributed by atoms with Crippen molar-refractivity contribution in [3.8, 4) is 0 Å². The van der Waals surface area contributed by atoms with Crippen LogP contribution in [0.15, 0.2) is 30.3 Å². The summed E-state index contributed by atoms with van der Waals surface area (Å²) in [6, 6.07) is 10.1. The summed E-state index contributed by atoms with van der Waals surface area (Å²) >= 11 is 0. The number of imidazole rings is 1. The fraction of sp³-hybridized carbons (Fsp3) is 0.312. The van der Waals surface area contributed by atoms with E-state index < -0.39 is 0 Å². The van der Waals surface area contributed by atoms with E-state index in [-0.39, 0.29) is 0 Å². The Morgan fingerprint density at radius 2 is 1.71 bits per heavy atom. The fourth-order valence-corrected chi connectivity index (χ4v) is 2.50. The molecular formula is C16H19N5. The van der Waals surface area contributed by atoms with Crippen molar-refractivity contribution in [2.24, 2.45) is 7.05 Å². The average Bonchev–Trinajstić information content (AvgIpc) is 2.75. The predicted molar refractivity (Wildman–Crippen MR) is 84.3 cm³/mol. The van der Waals surface area contributed by atoms with Crippen molar-refractivity contribution in [2.45, 2.75) is 20.4 Å². The van der Waals surface area contributed by atoms with Crippen LogP contribution in [-0.2, 0) is 13.6 Å². The van der Waals surface area contributed by atoms with E-state index >= 15 is 0 Å². The molecule has 0 unspecified atom stereocenters. The number of nitrogens with zero attached hydrogens (tertiary/aromatic N) is 5. The second kappa shape index (κ2) is 5.16. The van der Waals surface area contributed by atoms with Gasteiger partial charge in [-0.15, -0.1) is 0 Å². The molecule has 2 heterocycles. The molecule has 0 aliphatic carbocycles. The van der Waals surface area contributed by atoms with Gasteiger partial charge in [0.05, 0.1) is 17.6 Å². The van der Waals surface area contributed by atoms with E-state index in [1.54, 1.807) is 0 Å². The van der Waals surface area contributed by atoms with Crippen LogP contribution in [0, 0.1) is 13.8 Å². The van der Waals surface area contributed by atoms with Crippen molar-refractivity contribution in [3.05, 3.63) is 47.5 Å². The van der Waals surface area contributed by atoms with E-state index in [1.807, 2.05) is 57.1 Å². The highest BCUT2D eigenvalue weighted by Gasteiger charge is 2.12. The number of para-hydroxylation sites is 2. The van der Waals surface area contributed by atoms with Gasteiger partial charge in [0.2, 0.25) is 5.95 Å². The minimum atomic E-state index is 0.675. The van der Waals surface area contributed by atoms with Crippen LogP contribution in [0.2, 0.25) is 0 Å². The van der Waals surface area contributed by atoms with Gasteiger partial charge < -0.3 is 9.47 Å². The number of fused-ring (bicyclic) bond motifs is 1. The number of anilines is 1. The summed E-state index contributed by atoms with van der Waals surface area (Å²) in [5.74, 6) is 1.74. The van der Waals surface area contributed by atoms with Gasteiger partial charge >= 0.3 is 0 Å². The second-order valence-electron chi connectivity index (χ2n) is 5.38. The SMILES string of the molecule is Cc1cc(C)nc(N(C)Cc2nc3ccccc3n2C)n1. The summed E-state index contributed by atoms with van der Waals surface area (Å²) in [4.78, 5) is 15.7. The average molecular weight is 281 g/mol. The molecule has 0 fully saturated rings. The van der Waals surface area contributed by atoms with Crippen molar-refractivity contribution in [3.63, 3.8) is 0 Å². The standard InChI is InChI=1S/C16H19N5/c1-11-9-12(2)18-16(17-11)20(3)10-15-19-13-7-5-6-8-14(13)21(15)4/h5-9H,10H2,1-4H3. The summed E-state index contributed by atoms with van der Waals surface area (Å²) in [5, 5.41) is 0. The van der Waals surface area contributed by atoms with Crippen LogP contribution in [0.4, 0.5) is 5.95 Å². The number of benzene rings is 1. The quantitative estimate of drug-likeness (QED) is 0.740. The summed E-state index contributed by atoms with van der Waals surface area (Å²) in [6.45, 7) is 4.65. The molecule has 3 rings (SSSR count). The second-order valence-corrected chi connectivity index (χ2v) is 5.38. The van der Waals surface area contributed by atoms with Crippen LogP contribution in [0.5, 0.6) is 0 Å². The Morgan fingerprint density at radius 1 is 1.05 bits per heavy atom. The van der Waals surface area contributed by atoms with Gasteiger partial charge in [0.25, 0.3) is 0 Å². The third kappa shape index (κ3) is 2.59. The van der Waals surface area contributed by atoms with Crippen molar-refractivity contribution >= 4 is 17.0 Å². The number of rotatable bonds is 3. The zero-order chi connectivity index (χ0) is 15.0. The topological polar surface area (TPSA) is 46.8 Å². The first-order valence-electron chi connectivity index (χ1n) is 6.98. The Kier molecular flexibility index (Phi) is 3.33. The molecule has 0 N–H and O–H groups in total. The van der Waals surface area contributed by atoms with Crippen molar-refractivity contribution in [2.75, 3.05) is 11.9 Å². The molecule has 0 spiro atoms. The maximum absolute atomic E-state index is 4.69. The highest BCUT2D eigenvalue weighted by molar-refractivity contribution is 5.75. The molecule has 0 bridgehead atoms. The van der Waals surface area contributed by atoms with Gasteiger partial charge in [-0.05, 0) is 32.0 Å². The molecule has 5 heteroatoms. The van der Waals surface area contributed by atoms with Crippen molar-refractivity contribution < 1.29 is 0 Å². The van der Waals surface area contributed by atoms with Gasteiger partial charge in [0.1, 0.15) is 5.82 Å². The van der Waals surface area contributed by atoms with Crippen LogP contribution in [0.25, 0.3) is 11.0 Å².